The number of nitrogens with one attached hydrogen (secondary N) is 1. The largest absolute Gasteiger partial charge is 0.313 e. The van der Waals surface area contributed by atoms with Gasteiger partial charge in [0, 0.05) is 23.2 Å². The number of aryl methyl sites for hydroxylation is 1. The second-order valence-electron chi connectivity index (χ2n) is 5.61. The quantitative estimate of drug-likeness (QED) is 0.717. The van der Waals surface area contributed by atoms with Crippen molar-refractivity contribution in [3.63, 3.8) is 0 Å². The number of aromatic nitrogens is 2. The van der Waals surface area contributed by atoms with Crippen LogP contribution in [0.2, 0.25) is 5.02 Å². The lowest BCUT2D eigenvalue weighted by Gasteiger charge is -2.05. The number of carbonyl (C=O) groups excluding carboxylic acids is 1. The highest BCUT2D eigenvalue weighted by Gasteiger charge is 2.14. The third-order valence-corrected chi connectivity index (χ3v) is 4.31. The maximum absolute atomic E-state index is 12.6. The Morgan fingerprint density at radius 1 is 1.21 bits per heavy atom. The molecule has 122 valence electrons. The van der Waals surface area contributed by atoms with Crippen molar-refractivity contribution < 1.29 is 4.79 Å². The Balaban J connectivity index is 2.08. The summed E-state index contributed by atoms with van der Waals surface area (Å²) in [5.41, 5.74) is 3.74. The van der Waals surface area contributed by atoms with E-state index < -0.39 is 0 Å². The van der Waals surface area contributed by atoms with Crippen molar-refractivity contribution in [2.75, 3.05) is 0 Å². The molecule has 0 atom stereocenters. The number of hydrogen-bond donors (Lipinski definition) is 1. The number of benzene rings is 2. The Kier molecular flexibility index (Phi) is 4.40. The van der Waals surface area contributed by atoms with Gasteiger partial charge in [0.2, 0.25) is 5.62 Å². The Hall–Kier alpha value is -2.59. The van der Waals surface area contributed by atoms with Crippen LogP contribution in [0.25, 0.3) is 17.1 Å². The normalized spacial score (nSPS) is 11.5. The SMILES string of the molecule is C/C=C/c1cccc2c1n(C)c(=N)n2CC(=O)c1ccc(Cl)cc1. The Bertz CT molecular complexity index is 994. The standard InChI is InChI=1S/C19H18ClN3O/c1-3-5-14-6-4-7-16-18(14)22(2)19(21)23(16)12-17(24)13-8-10-15(20)11-9-13/h3-11,21H,12H2,1-2H3/b5-3+,21-19?. The third kappa shape index (κ3) is 2.81. The van der Waals surface area contributed by atoms with Crippen molar-refractivity contribution in [2.45, 2.75) is 13.5 Å². The van der Waals surface area contributed by atoms with Crippen molar-refractivity contribution in [2.24, 2.45) is 7.05 Å². The van der Waals surface area contributed by atoms with Crippen molar-refractivity contribution in [1.29, 1.82) is 5.41 Å². The molecule has 0 aliphatic rings. The van der Waals surface area contributed by atoms with Gasteiger partial charge in [0.1, 0.15) is 0 Å². The van der Waals surface area contributed by atoms with E-state index in [0.29, 0.717) is 16.2 Å². The van der Waals surface area contributed by atoms with E-state index in [-0.39, 0.29) is 12.3 Å². The summed E-state index contributed by atoms with van der Waals surface area (Å²) < 4.78 is 3.54. The topological polar surface area (TPSA) is 50.8 Å². The number of fused-ring (bicyclic) bond motifs is 1. The monoisotopic (exact) mass is 339 g/mol. The van der Waals surface area contributed by atoms with Crippen LogP contribution >= 0.6 is 11.6 Å². The summed E-state index contributed by atoms with van der Waals surface area (Å²) in [6.45, 7) is 2.08. The molecule has 0 unspecified atom stereocenters. The minimum atomic E-state index is -0.0471. The lowest BCUT2D eigenvalue weighted by Crippen LogP contribution is -2.25. The maximum Gasteiger partial charge on any atom is 0.203 e. The van der Waals surface area contributed by atoms with Gasteiger partial charge >= 0.3 is 0 Å². The first-order valence-corrected chi connectivity index (χ1v) is 8.05. The summed E-state index contributed by atoms with van der Waals surface area (Å²) in [5.74, 6) is -0.0471. The first-order valence-electron chi connectivity index (χ1n) is 7.67. The van der Waals surface area contributed by atoms with Gasteiger partial charge < -0.3 is 9.13 Å². The number of hydrogen-bond acceptors (Lipinski definition) is 2. The molecule has 5 heteroatoms. The number of ketones is 1. The average Bonchev–Trinajstić information content (AvgIpc) is 2.81. The molecule has 1 heterocycles. The lowest BCUT2D eigenvalue weighted by molar-refractivity contribution is 0.0971. The number of imidazole rings is 1. The van der Waals surface area contributed by atoms with Crippen LogP contribution in [0.1, 0.15) is 22.8 Å². The number of para-hydroxylation sites is 1. The van der Waals surface area contributed by atoms with Crippen molar-refractivity contribution in [1.82, 2.24) is 9.13 Å². The van der Waals surface area contributed by atoms with Gasteiger partial charge in [-0.1, -0.05) is 35.9 Å². The summed E-state index contributed by atoms with van der Waals surface area (Å²) in [6, 6.07) is 12.7. The molecule has 24 heavy (non-hydrogen) atoms. The van der Waals surface area contributed by atoms with Crippen LogP contribution in [0.15, 0.2) is 48.5 Å². The molecule has 0 fully saturated rings. The number of nitrogens with zero attached hydrogens (tertiary/aromatic N) is 2. The third-order valence-electron chi connectivity index (χ3n) is 4.06. The molecule has 4 nitrogen and oxygen atoms in total. The Morgan fingerprint density at radius 3 is 2.58 bits per heavy atom. The highest BCUT2D eigenvalue weighted by molar-refractivity contribution is 6.30. The van der Waals surface area contributed by atoms with Crippen LogP contribution in [0, 0.1) is 5.41 Å². The van der Waals surface area contributed by atoms with Crippen molar-refractivity contribution >= 4 is 34.5 Å². The van der Waals surface area contributed by atoms with E-state index in [1.807, 2.05) is 44.3 Å². The van der Waals surface area contributed by atoms with Crippen LogP contribution in [0.3, 0.4) is 0 Å². The van der Waals surface area contributed by atoms with Crippen LogP contribution in [0.4, 0.5) is 0 Å². The van der Waals surface area contributed by atoms with Gasteiger partial charge in [-0.15, -0.1) is 0 Å². The van der Waals surface area contributed by atoms with Gasteiger partial charge in [0.25, 0.3) is 0 Å². The van der Waals surface area contributed by atoms with Gasteiger partial charge in [-0.25, -0.2) is 0 Å². The van der Waals surface area contributed by atoms with E-state index in [0.717, 1.165) is 16.6 Å². The number of halogens is 1. The highest BCUT2D eigenvalue weighted by atomic mass is 35.5. The number of rotatable bonds is 4. The zero-order valence-corrected chi connectivity index (χ0v) is 14.3. The van der Waals surface area contributed by atoms with E-state index in [9.17, 15) is 4.79 Å². The Labute approximate surface area is 145 Å². The first kappa shape index (κ1) is 16.3. The molecule has 0 spiro atoms. The fourth-order valence-electron chi connectivity index (χ4n) is 2.88. The smallest absolute Gasteiger partial charge is 0.203 e. The van der Waals surface area contributed by atoms with E-state index in [4.69, 9.17) is 17.0 Å². The van der Waals surface area contributed by atoms with Gasteiger partial charge in [-0.2, -0.15) is 0 Å². The van der Waals surface area contributed by atoms with E-state index in [1.54, 1.807) is 33.4 Å². The predicted octanol–water partition coefficient (Wildman–Crippen LogP) is 4.03. The molecule has 0 saturated heterocycles. The summed E-state index contributed by atoms with van der Waals surface area (Å²) in [7, 11) is 1.85. The second kappa shape index (κ2) is 6.49. The molecule has 0 radical (unpaired) electrons. The number of Topliss-reactive ketones (excluding diaryl/α,β-unsaturated/α-hetero) is 1. The van der Waals surface area contributed by atoms with Crippen molar-refractivity contribution in [3.05, 3.63) is 70.3 Å². The van der Waals surface area contributed by atoms with Crippen LogP contribution in [-0.4, -0.2) is 14.9 Å². The minimum Gasteiger partial charge on any atom is -0.313 e. The van der Waals surface area contributed by atoms with Crippen LogP contribution < -0.4 is 5.62 Å². The highest BCUT2D eigenvalue weighted by Crippen LogP contribution is 2.19. The van der Waals surface area contributed by atoms with Gasteiger partial charge in [-0.05, 0) is 37.3 Å². The predicted molar refractivity (Wildman–Crippen MR) is 97.3 cm³/mol. The molecule has 1 N–H and O–H groups in total. The Morgan fingerprint density at radius 2 is 1.92 bits per heavy atom. The maximum atomic E-state index is 12.6. The molecule has 0 saturated carbocycles. The molecule has 0 amide bonds. The number of allylic oxidation sites excluding steroid dienone is 1. The van der Waals surface area contributed by atoms with Crippen molar-refractivity contribution in [3.8, 4) is 0 Å². The zero-order valence-electron chi connectivity index (χ0n) is 13.6. The average molecular weight is 340 g/mol. The summed E-state index contributed by atoms with van der Waals surface area (Å²) in [6.07, 6.45) is 3.97. The zero-order chi connectivity index (χ0) is 17.3. The summed E-state index contributed by atoms with van der Waals surface area (Å²) in [5, 5.41) is 8.97. The molecule has 2 aromatic carbocycles. The van der Waals surface area contributed by atoms with Crippen LogP contribution in [-0.2, 0) is 13.6 Å². The fraction of sp³-hybridized carbons (Fsp3) is 0.158. The van der Waals surface area contributed by atoms with E-state index >= 15 is 0 Å². The van der Waals surface area contributed by atoms with Gasteiger partial charge in [0.05, 0.1) is 17.6 Å². The molecule has 0 aliphatic heterocycles. The summed E-state index contributed by atoms with van der Waals surface area (Å²) in [4.78, 5) is 12.6. The fourth-order valence-corrected chi connectivity index (χ4v) is 3.00. The second-order valence-corrected chi connectivity index (χ2v) is 6.05. The molecular formula is C19H18ClN3O. The molecule has 3 rings (SSSR count). The summed E-state index contributed by atoms with van der Waals surface area (Å²) >= 11 is 5.87. The van der Waals surface area contributed by atoms with E-state index in [1.165, 1.54) is 0 Å². The van der Waals surface area contributed by atoms with Crippen LogP contribution in [0.5, 0.6) is 0 Å². The van der Waals surface area contributed by atoms with Gasteiger partial charge in [0.15, 0.2) is 5.78 Å². The molecule has 0 bridgehead atoms. The minimum absolute atomic E-state index is 0.0471. The molecule has 1 aromatic heterocycles. The number of carbonyl (C=O) groups is 1. The van der Waals surface area contributed by atoms with Gasteiger partial charge in [-0.3, -0.25) is 10.2 Å². The first-order chi connectivity index (χ1) is 11.5. The molecule has 0 aliphatic carbocycles. The molecular weight excluding hydrogens is 322 g/mol. The lowest BCUT2D eigenvalue weighted by atomic mass is 10.1. The molecule has 3 aromatic rings. The van der Waals surface area contributed by atoms with E-state index in [2.05, 4.69) is 0 Å².